The second kappa shape index (κ2) is 5.59. The predicted molar refractivity (Wildman–Crippen MR) is 73.8 cm³/mol. The highest BCUT2D eigenvalue weighted by atomic mass is 35.5. The number of likely N-dealkylation sites (N-methyl/N-ethyl adjacent to an activating group) is 1. The van der Waals surface area contributed by atoms with Gasteiger partial charge in [0, 0.05) is 12.6 Å². The number of para-hydroxylation sites is 1. The van der Waals surface area contributed by atoms with Gasteiger partial charge in [-0.1, -0.05) is 17.7 Å². The summed E-state index contributed by atoms with van der Waals surface area (Å²) in [4.78, 5) is 14.3. The Morgan fingerprint density at radius 2 is 2.39 bits per heavy atom. The number of anilines is 1. The minimum absolute atomic E-state index is 0.157. The number of carbonyl (C=O) groups is 1. The van der Waals surface area contributed by atoms with Crippen LogP contribution in [0.1, 0.15) is 23.2 Å². The van der Waals surface area contributed by atoms with E-state index in [1.807, 2.05) is 0 Å². The Balaban J connectivity index is 1.97. The number of likely N-dealkylation sites (tertiary alicyclic amines) is 1. The minimum atomic E-state index is -0.157. The van der Waals surface area contributed by atoms with Crippen LogP contribution in [-0.2, 0) is 0 Å². The third-order valence-electron chi connectivity index (χ3n) is 3.47. The van der Waals surface area contributed by atoms with Gasteiger partial charge in [0.15, 0.2) is 0 Å². The van der Waals surface area contributed by atoms with E-state index in [0.29, 0.717) is 28.9 Å². The van der Waals surface area contributed by atoms with Crippen LogP contribution in [-0.4, -0.2) is 37.0 Å². The average Bonchev–Trinajstić information content (AvgIpc) is 2.75. The van der Waals surface area contributed by atoms with Crippen molar-refractivity contribution in [2.75, 3.05) is 25.9 Å². The Labute approximate surface area is 112 Å². The van der Waals surface area contributed by atoms with E-state index in [4.69, 9.17) is 17.3 Å². The van der Waals surface area contributed by atoms with Gasteiger partial charge in [0.25, 0.3) is 5.91 Å². The summed E-state index contributed by atoms with van der Waals surface area (Å²) in [7, 11) is 2.08. The molecule has 1 heterocycles. The SMILES string of the molecule is CN1CCCC1CNC(=O)c1cccc(Cl)c1N. The molecule has 0 spiro atoms. The Morgan fingerprint density at radius 1 is 1.61 bits per heavy atom. The zero-order valence-electron chi connectivity index (χ0n) is 10.4. The lowest BCUT2D eigenvalue weighted by Gasteiger charge is -2.19. The van der Waals surface area contributed by atoms with Gasteiger partial charge in [-0.2, -0.15) is 0 Å². The number of carbonyl (C=O) groups excluding carboxylic acids is 1. The molecule has 98 valence electrons. The van der Waals surface area contributed by atoms with Crippen molar-refractivity contribution < 1.29 is 4.79 Å². The molecule has 1 aliphatic rings. The van der Waals surface area contributed by atoms with Crippen molar-refractivity contribution in [2.45, 2.75) is 18.9 Å². The smallest absolute Gasteiger partial charge is 0.253 e. The largest absolute Gasteiger partial charge is 0.397 e. The molecule has 3 N–H and O–H groups in total. The molecule has 0 saturated carbocycles. The fraction of sp³-hybridized carbons (Fsp3) is 0.462. The molecular formula is C13H18ClN3O. The summed E-state index contributed by atoms with van der Waals surface area (Å²) in [6.07, 6.45) is 2.32. The van der Waals surface area contributed by atoms with Gasteiger partial charge >= 0.3 is 0 Å². The summed E-state index contributed by atoms with van der Waals surface area (Å²) in [6, 6.07) is 5.53. The first-order chi connectivity index (χ1) is 8.59. The molecule has 0 aromatic heterocycles. The highest BCUT2D eigenvalue weighted by Gasteiger charge is 2.21. The van der Waals surface area contributed by atoms with Crippen molar-refractivity contribution in [2.24, 2.45) is 0 Å². The Kier molecular flexibility index (Phi) is 4.09. The quantitative estimate of drug-likeness (QED) is 0.821. The molecule has 1 fully saturated rings. The molecule has 0 aliphatic carbocycles. The second-order valence-electron chi connectivity index (χ2n) is 4.69. The summed E-state index contributed by atoms with van der Waals surface area (Å²) >= 11 is 5.90. The van der Waals surface area contributed by atoms with Gasteiger partial charge in [0.2, 0.25) is 0 Å². The maximum atomic E-state index is 12.0. The molecular weight excluding hydrogens is 250 g/mol. The van der Waals surface area contributed by atoms with E-state index in [1.165, 1.54) is 6.42 Å². The number of hydrogen-bond acceptors (Lipinski definition) is 3. The van der Waals surface area contributed by atoms with Crippen molar-refractivity contribution >= 4 is 23.2 Å². The maximum Gasteiger partial charge on any atom is 0.253 e. The van der Waals surface area contributed by atoms with Crippen molar-refractivity contribution in [3.05, 3.63) is 28.8 Å². The van der Waals surface area contributed by atoms with Gasteiger partial charge < -0.3 is 16.0 Å². The highest BCUT2D eigenvalue weighted by Crippen LogP contribution is 2.22. The fourth-order valence-electron chi connectivity index (χ4n) is 2.28. The number of halogens is 1. The van der Waals surface area contributed by atoms with Gasteiger partial charge in [-0.15, -0.1) is 0 Å². The number of rotatable bonds is 3. The average molecular weight is 268 g/mol. The number of nitrogens with zero attached hydrogens (tertiary/aromatic N) is 1. The van der Waals surface area contributed by atoms with E-state index in [9.17, 15) is 4.79 Å². The van der Waals surface area contributed by atoms with E-state index in [-0.39, 0.29) is 5.91 Å². The molecule has 18 heavy (non-hydrogen) atoms. The number of nitrogens with two attached hydrogens (primary N) is 1. The van der Waals surface area contributed by atoms with Crippen LogP contribution in [0.15, 0.2) is 18.2 Å². The van der Waals surface area contributed by atoms with Gasteiger partial charge in [-0.05, 0) is 38.6 Å². The van der Waals surface area contributed by atoms with E-state index >= 15 is 0 Å². The normalized spacial score (nSPS) is 20.0. The van der Waals surface area contributed by atoms with E-state index in [2.05, 4.69) is 17.3 Å². The molecule has 1 aliphatic heterocycles. The lowest BCUT2D eigenvalue weighted by molar-refractivity contribution is 0.0944. The summed E-state index contributed by atoms with van der Waals surface area (Å²) in [6.45, 7) is 1.75. The van der Waals surface area contributed by atoms with Crippen molar-refractivity contribution in [3.8, 4) is 0 Å². The van der Waals surface area contributed by atoms with Gasteiger partial charge in [0.1, 0.15) is 0 Å². The standard InChI is InChI=1S/C13H18ClN3O/c1-17-7-3-4-9(17)8-16-13(18)10-5-2-6-11(14)12(10)15/h2,5-6,9H,3-4,7-8,15H2,1H3,(H,16,18). The molecule has 1 atom stereocenters. The minimum Gasteiger partial charge on any atom is -0.397 e. The summed E-state index contributed by atoms with van der Waals surface area (Å²) in [5.41, 5.74) is 6.58. The third kappa shape index (κ3) is 2.76. The van der Waals surface area contributed by atoms with Crippen LogP contribution in [0.4, 0.5) is 5.69 Å². The molecule has 0 bridgehead atoms. The molecule has 0 radical (unpaired) electrons. The number of nitrogen functional groups attached to an aromatic ring is 1. The number of nitrogens with one attached hydrogen (secondary N) is 1. The van der Waals surface area contributed by atoms with Crippen molar-refractivity contribution in [3.63, 3.8) is 0 Å². The van der Waals surface area contributed by atoms with Crippen LogP contribution >= 0.6 is 11.6 Å². The first-order valence-corrected chi connectivity index (χ1v) is 6.50. The van der Waals surface area contributed by atoms with Crippen LogP contribution in [0.2, 0.25) is 5.02 Å². The van der Waals surface area contributed by atoms with Crippen LogP contribution in [0.3, 0.4) is 0 Å². The molecule has 2 rings (SSSR count). The number of benzene rings is 1. The molecule has 4 nitrogen and oxygen atoms in total. The highest BCUT2D eigenvalue weighted by molar-refractivity contribution is 6.33. The Morgan fingerprint density at radius 3 is 3.06 bits per heavy atom. The van der Waals surface area contributed by atoms with E-state index in [0.717, 1.165) is 13.0 Å². The lowest BCUT2D eigenvalue weighted by Crippen LogP contribution is -2.38. The number of hydrogen-bond donors (Lipinski definition) is 2. The van der Waals surface area contributed by atoms with Crippen LogP contribution in [0.25, 0.3) is 0 Å². The molecule has 1 aromatic rings. The fourth-order valence-corrected chi connectivity index (χ4v) is 2.45. The second-order valence-corrected chi connectivity index (χ2v) is 5.09. The van der Waals surface area contributed by atoms with Gasteiger partial charge in [-0.3, -0.25) is 4.79 Å². The number of amides is 1. The Bertz CT molecular complexity index is 450. The Hall–Kier alpha value is -1.26. The summed E-state index contributed by atoms with van der Waals surface area (Å²) in [5.74, 6) is -0.157. The predicted octanol–water partition coefficient (Wildman–Crippen LogP) is 1.75. The van der Waals surface area contributed by atoms with Crippen molar-refractivity contribution in [1.29, 1.82) is 0 Å². The van der Waals surface area contributed by atoms with Crippen LogP contribution < -0.4 is 11.1 Å². The zero-order valence-corrected chi connectivity index (χ0v) is 11.2. The van der Waals surface area contributed by atoms with Crippen molar-refractivity contribution in [1.82, 2.24) is 10.2 Å². The van der Waals surface area contributed by atoms with E-state index in [1.54, 1.807) is 18.2 Å². The van der Waals surface area contributed by atoms with E-state index < -0.39 is 0 Å². The van der Waals surface area contributed by atoms with Gasteiger partial charge in [0.05, 0.1) is 16.3 Å². The molecule has 1 aromatic carbocycles. The first kappa shape index (κ1) is 13.2. The van der Waals surface area contributed by atoms with Crippen LogP contribution in [0.5, 0.6) is 0 Å². The monoisotopic (exact) mass is 267 g/mol. The summed E-state index contributed by atoms with van der Waals surface area (Å²) in [5, 5.41) is 3.34. The van der Waals surface area contributed by atoms with Crippen LogP contribution in [0, 0.1) is 0 Å². The first-order valence-electron chi connectivity index (χ1n) is 6.12. The topological polar surface area (TPSA) is 58.4 Å². The molecule has 1 amide bonds. The maximum absolute atomic E-state index is 12.0. The summed E-state index contributed by atoms with van der Waals surface area (Å²) < 4.78 is 0. The molecule has 5 heteroatoms. The molecule has 1 unspecified atom stereocenters. The lowest BCUT2D eigenvalue weighted by atomic mass is 10.1. The van der Waals surface area contributed by atoms with Gasteiger partial charge in [-0.25, -0.2) is 0 Å². The molecule has 1 saturated heterocycles. The third-order valence-corrected chi connectivity index (χ3v) is 3.80. The zero-order chi connectivity index (χ0) is 13.1.